The van der Waals surface area contributed by atoms with Crippen LogP contribution in [0.5, 0.6) is 0 Å². The lowest BCUT2D eigenvalue weighted by Crippen LogP contribution is -2.48. The van der Waals surface area contributed by atoms with Gasteiger partial charge in [0.05, 0.1) is 5.92 Å². The Morgan fingerprint density at radius 1 is 1.00 bits per heavy atom. The minimum Gasteiger partial charge on any atom is -0.481 e. The first-order valence-electron chi connectivity index (χ1n) is 12.0. The van der Waals surface area contributed by atoms with Gasteiger partial charge in [-0.1, -0.05) is 48.5 Å². The number of benzene rings is 2. The number of hydrogen-bond donors (Lipinski definition) is 2. The molecule has 2 aromatic carbocycles. The van der Waals surface area contributed by atoms with Crippen LogP contribution in [0.15, 0.2) is 48.5 Å². The number of hydrogen-bond acceptors (Lipinski definition) is 4. The molecular formula is C27H30N2O5. The van der Waals surface area contributed by atoms with Gasteiger partial charge in [-0.05, 0) is 53.9 Å². The molecule has 2 unspecified atom stereocenters. The SMILES string of the molecule is C[C@@H](CC(=O)N1CC2CCC(C1)C2C(=O)O)NC(=O)OCC1c2ccccc2-c2ccccc21. The van der Waals surface area contributed by atoms with Crippen molar-refractivity contribution in [3.05, 3.63) is 59.7 Å². The fraction of sp³-hybridized carbons (Fsp3) is 0.444. The van der Waals surface area contributed by atoms with Crippen molar-refractivity contribution in [2.24, 2.45) is 17.8 Å². The summed E-state index contributed by atoms with van der Waals surface area (Å²) in [6.07, 6.45) is 1.35. The van der Waals surface area contributed by atoms with Crippen molar-refractivity contribution in [1.82, 2.24) is 10.2 Å². The molecule has 2 N–H and O–H groups in total. The molecule has 1 saturated heterocycles. The van der Waals surface area contributed by atoms with Crippen LogP contribution in [-0.4, -0.2) is 53.7 Å². The van der Waals surface area contributed by atoms with Crippen LogP contribution in [0, 0.1) is 17.8 Å². The predicted molar refractivity (Wildman–Crippen MR) is 126 cm³/mol. The van der Waals surface area contributed by atoms with Gasteiger partial charge in [0.15, 0.2) is 0 Å². The summed E-state index contributed by atoms with van der Waals surface area (Å²) in [5.74, 6) is -1.07. The van der Waals surface area contributed by atoms with Gasteiger partial charge >= 0.3 is 12.1 Å². The smallest absolute Gasteiger partial charge is 0.407 e. The number of alkyl carbamates (subject to hydrolysis) is 1. The van der Waals surface area contributed by atoms with Crippen molar-refractivity contribution in [3.63, 3.8) is 0 Å². The third-order valence-corrected chi connectivity index (χ3v) is 7.66. The average Bonchev–Trinajstić information content (AvgIpc) is 3.28. The molecule has 7 nitrogen and oxygen atoms in total. The predicted octanol–water partition coefficient (Wildman–Crippen LogP) is 3.87. The van der Waals surface area contributed by atoms with E-state index in [2.05, 4.69) is 29.6 Å². The van der Waals surface area contributed by atoms with E-state index >= 15 is 0 Å². The van der Waals surface area contributed by atoms with Crippen LogP contribution in [0.1, 0.15) is 43.2 Å². The Kier molecular flexibility index (Phi) is 6.02. The van der Waals surface area contributed by atoms with Gasteiger partial charge in [-0.2, -0.15) is 0 Å². The third-order valence-electron chi connectivity index (χ3n) is 7.66. The van der Waals surface area contributed by atoms with E-state index in [0.717, 1.165) is 24.0 Å². The molecular weight excluding hydrogens is 432 g/mol. The summed E-state index contributed by atoms with van der Waals surface area (Å²) in [5, 5.41) is 12.2. The number of piperidine rings is 1. The van der Waals surface area contributed by atoms with Crippen LogP contribution in [0.25, 0.3) is 11.1 Å². The number of ether oxygens (including phenoxy) is 1. The summed E-state index contributed by atoms with van der Waals surface area (Å²) >= 11 is 0. The fourth-order valence-corrected chi connectivity index (χ4v) is 6.11. The van der Waals surface area contributed by atoms with E-state index in [1.165, 1.54) is 11.1 Å². The summed E-state index contributed by atoms with van der Waals surface area (Å²) < 4.78 is 5.58. The number of nitrogens with zero attached hydrogens (tertiary/aromatic N) is 1. The first kappa shape index (κ1) is 22.4. The van der Waals surface area contributed by atoms with Crippen LogP contribution < -0.4 is 5.32 Å². The molecule has 2 aromatic rings. The highest BCUT2D eigenvalue weighted by atomic mass is 16.5. The topological polar surface area (TPSA) is 95.9 Å². The number of carboxylic acid groups (broad SMARTS) is 1. The minimum absolute atomic E-state index is 0.0129. The Bertz CT molecular complexity index is 1060. The molecule has 1 aliphatic heterocycles. The highest BCUT2D eigenvalue weighted by Gasteiger charge is 2.47. The van der Waals surface area contributed by atoms with Gasteiger partial charge in [0.25, 0.3) is 0 Å². The zero-order chi connectivity index (χ0) is 23.8. The second-order valence-corrected chi connectivity index (χ2v) is 9.84. The molecule has 0 radical (unpaired) electrons. The fourth-order valence-electron chi connectivity index (χ4n) is 6.11. The molecule has 2 bridgehead atoms. The molecule has 3 atom stereocenters. The zero-order valence-corrected chi connectivity index (χ0v) is 19.3. The van der Waals surface area contributed by atoms with Crippen molar-refractivity contribution in [1.29, 1.82) is 0 Å². The number of carbonyl (C=O) groups excluding carboxylic acids is 2. The molecule has 7 heteroatoms. The molecule has 2 amide bonds. The largest absolute Gasteiger partial charge is 0.481 e. The number of carbonyl (C=O) groups is 3. The van der Waals surface area contributed by atoms with Crippen molar-refractivity contribution < 1.29 is 24.2 Å². The number of fused-ring (bicyclic) bond motifs is 5. The number of rotatable bonds is 6. The van der Waals surface area contributed by atoms with Crippen LogP contribution in [-0.2, 0) is 14.3 Å². The highest BCUT2D eigenvalue weighted by molar-refractivity contribution is 5.80. The molecule has 5 rings (SSSR count). The Hall–Kier alpha value is -3.35. The van der Waals surface area contributed by atoms with Gasteiger partial charge in [-0.3, -0.25) is 9.59 Å². The van der Waals surface area contributed by atoms with Crippen molar-refractivity contribution in [2.75, 3.05) is 19.7 Å². The molecule has 0 aromatic heterocycles. The molecule has 2 fully saturated rings. The van der Waals surface area contributed by atoms with E-state index in [1.54, 1.807) is 11.8 Å². The Balaban J connectivity index is 1.13. The first-order valence-corrected chi connectivity index (χ1v) is 12.0. The zero-order valence-electron chi connectivity index (χ0n) is 19.3. The first-order chi connectivity index (χ1) is 16.4. The number of amides is 2. The Labute approximate surface area is 199 Å². The number of aliphatic carboxylic acids is 1. The third kappa shape index (κ3) is 4.15. The number of carboxylic acids is 1. The van der Waals surface area contributed by atoms with Gasteiger partial charge in [-0.15, -0.1) is 0 Å². The summed E-state index contributed by atoms with van der Waals surface area (Å²) in [6, 6.07) is 16.0. The average molecular weight is 463 g/mol. The van der Waals surface area contributed by atoms with Crippen LogP contribution >= 0.6 is 0 Å². The second-order valence-electron chi connectivity index (χ2n) is 9.84. The van der Waals surface area contributed by atoms with Gasteiger partial charge < -0.3 is 20.1 Å². The number of nitrogens with one attached hydrogen (secondary N) is 1. The van der Waals surface area contributed by atoms with E-state index in [9.17, 15) is 19.5 Å². The van der Waals surface area contributed by atoms with E-state index in [1.807, 2.05) is 24.3 Å². The standard InChI is InChI=1S/C27H30N2O5/c1-16(12-24(30)29-13-17-10-11-18(14-29)25(17)26(31)32)28-27(33)34-15-23-21-8-4-2-6-19(21)20-7-3-5-9-22(20)23/h2-9,16-18,23,25H,10-15H2,1H3,(H,28,33)(H,31,32)/t16-,17?,18?,25?/m0/s1. The Morgan fingerprint density at radius 3 is 2.12 bits per heavy atom. The lowest BCUT2D eigenvalue weighted by molar-refractivity contribution is -0.149. The molecule has 178 valence electrons. The lowest BCUT2D eigenvalue weighted by atomic mass is 9.85. The summed E-state index contributed by atoms with van der Waals surface area (Å²) in [5.41, 5.74) is 4.65. The van der Waals surface area contributed by atoms with Gasteiger partial charge in [0.2, 0.25) is 5.91 Å². The van der Waals surface area contributed by atoms with Crippen molar-refractivity contribution >= 4 is 18.0 Å². The molecule has 2 aliphatic carbocycles. The van der Waals surface area contributed by atoms with E-state index < -0.39 is 12.1 Å². The maximum Gasteiger partial charge on any atom is 0.407 e. The normalized spacial score (nSPS) is 23.7. The molecule has 3 aliphatic rings. The van der Waals surface area contributed by atoms with E-state index in [0.29, 0.717) is 13.1 Å². The van der Waals surface area contributed by atoms with E-state index in [-0.39, 0.29) is 48.6 Å². The summed E-state index contributed by atoms with van der Waals surface area (Å²) in [6.45, 7) is 3.00. The maximum absolute atomic E-state index is 12.8. The quantitative estimate of drug-likeness (QED) is 0.679. The Morgan fingerprint density at radius 2 is 1.56 bits per heavy atom. The molecule has 0 spiro atoms. The number of likely N-dealkylation sites (tertiary alicyclic amines) is 1. The maximum atomic E-state index is 12.8. The van der Waals surface area contributed by atoms with Crippen LogP contribution in [0.3, 0.4) is 0 Å². The molecule has 1 saturated carbocycles. The summed E-state index contributed by atoms with van der Waals surface area (Å²) in [7, 11) is 0. The highest BCUT2D eigenvalue weighted by Crippen LogP contribution is 2.44. The van der Waals surface area contributed by atoms with Crippen molar-refractivity contribution in [3.8, 4) is 11.1 Å². The van der Waals surface area contributed by atoms with Crippen LogP contribution in [0.4, 0.5) is 4.79 Å². The molecule has 1 heterocycles. The monoisotopic (exact) mass is 462 g/mol. The molecule has 34 heavy (non-hydrogen) atoms. The van der Waals surface area contributed by atoms with E-state index in [4.69, 9.17) is 4.74 Å². The van der Waals surface area contributed by atoms with Crippen molar-refractivity contribution in [2.45, 2.75) is 38.1 Å². The van der Waals surface area contributed by atoms with Crippen LogP contribution in [0.2, 0.25) is 0 Å². The van der Waals surface area contributed by atoms with Gasteiger partial charge in [0, 0.05) is 31.5 Å². The van der Waals surface area contributed by atoms with Gasteiger partial charge in [0.1, 0.15) is 6.61 Å². The van der Waals surface area contributed by atoms with Gasteiger partial charge in [-0.25, -0.2) is 4.79 Å². The second kappa shape index (κ2) is 9.12. The summed E-state index contributed by atoms with van der Waals surface area (Å²) in [4.78, 5) is 38.6. The minimum atomic E-state index is -0.745. The lowest BCUT2D eigenvalue weighted by Gasteiger charge is -2.36.